The number of hydrogen-bond acceptors (Lipinski definition) is 4. The first-order valence-electron chi connectivity index (χ1n) is 5.06. The fourth-order valence-electron chi connectivity index (χ4n) is 2.67. The van der Waals surface area contributed by atoms with Crippen molar-refractivity contribution in [1.29, 1.82) is 0 Å². The van der Waals surface area contributed by atoms with Crippen LogP contribution in [0.2, 0.25) is 0 Å². The van der Waals surface area contributed by atoms with E-state index in [1.54, 1.807) is 0 Å². The van der Waals surface area contributed by atoms with Crippen LogP contribution in [-0.4, -0.2) is 43.5 Å². The van der Waals surface area contributed by atoms with Crippen molar-refractivity contribution in [2.45, 2.75) is 24.0 Å². The van der Waals surface area contributed by atoms with E-state index in [1.807, 2.05) is 0 Å². The van der Waals surface area contributed by atoms with Crippen molar-refractivity contribution in [2.24, 2.45) is 0 Å². The summed E-state index contributed by atoms with van der Waals surface area (Å²) < 4.78 is 10.7. The molecule has 86 valence electrons. The third-order valence-electron chi connectivity index (χ3n) is 3.67. The summed E-state index contributed by atoms with van der Waals surface area (Å²) in [5.41, 5.74) is -0.471. The quantitative estimate of drug-likeness (QED) is 0.621. The monoisotopic (exact) mass is 234 g/mol. The van der Waals surface area contributed by atoms with Crippen molar-refractivity contribution in [3.8, 4) is 0 Å². The van der Waals surface area contributed by atoms with Gasteiger partial charge in [0.1, 0.15) is 0 Å². The number of carbonyl (C=O) groups excluding carboxylic acids is 1. The smallest absolute Gasteiger partial charge is 0.408 e. The normalized spacial score (nSPS) is 30.3. The lowest BCUT2D eigenvalue weighted by molar-refractivity contribution is -0.0815. The Kier molecular flexibility index (Phi) is 2.56. The molecule has 0 atom stereocenters. The molecule has 0 radical (unpaired) electrons. The SMILES string of the molecule is Cl.O=C1NC2(CCOCC2)C2(CNC2)O1. The largest absolute Gasteiger partial charge is 0.438 e. The minimum atomic E-state index is -0.298. The minimum Gasteiger partial charge on any atom is -0.438 e. The van der Waals surface area contributed by atoms with Gasteiger partial charge in [-0.2, -0.15) is 0 Å². The number of ether oxygens (including phenoxy) is 2. The molecule has 3 fully saturated rings. The van der Waals surface area contributed by atoms with Gasteiger partial charge < -0.3 is 20.1 Å². The summed E-state index contributed by atoms with van der Waals surface area (Å²) in [6.07, 6.45) is 1.45. The number of amides is 1. The van der Waals surface area contributed by atoms with E-state index in [0.717, 1.165) is 25.9 Å². The molecule has 0 aromatic rings. The minimum absolute atomic E-state index is 0. The molecular formula is C9H15ClN2O3. The molecule has 3 saturated heterocycles. The van der Waals surface area contributed by atoms with Crippen molar-refractivity contribution in [1.82, 2.24) is 10.6 Å². The first-order valence-corrected chi connectivity index (χ1v) is 5.06. The number of alkyl carbamates (subject to hydrolysis) is 1. The van der Waals surface area contributed by atoms with Crippen LogP contribution in [0.3, 0.4) is 0 Å². The molecule has 3 aliphatic rings. The van der Waals surface area contributed by atoms with E-state index >= 15 is 0 Å². The van der Waals surface area contributed by atoms with E-state index in [2.05, 4.69) is 10.6 Å². The molecule has 3 aliphatic heterocycles. The van der Waals surface area contributed by atoms with Crippen LogP contribution in [0.15, 0.2) is 0 Å². The van der Waals surface area contributed by atoms with Gasteiger partial charge in [0.25, 0.3) is 0 Å². The molecule has 3 rings (SSSR count). The Balaban J connectivity index is 0.000000853. The maximum Gasteiger partial charge on any atom is 0.408 e. The number of carbonyl (C=O) groups is 1. The van der Waals surface area contributed by atoms with Gasteiger partial charge >= 0.3 is 6.09 Å². The van der Waals surface area contributed by atoms with E-state index in [4.69, 9.17) is 9.47 Å². The maximum absolute atomic E-state index is 11.3. The highest BCUT2D eigenvalue weighted by Gasteiger charge is 2.63. The van der Waals surface area contributed by atoms with Gasteiger partial charge in [0, 0.05) is 26.3 Å². The van der Waals surface area contributed by atoms with Gasteiger partial charge in [0.2, 0.25) is 0 Å². The third kappa shape index (κ3) is 1.33. The van der Waals surface area contributed by atoms with Crippen LogP contribution in [0, 0.1) is 0 Å². The Labute approximate surface area is 94.3 Å². The lowest BCUT2D eigenvalue weighted by atomic mass is 9.71. The molecule has 0 saturated carbocycles. The zero-order valence-corrected chi connectivity index (χ0v) is 9.19. The summed E-state index contributed by atoms with van der Waals surface area (Å²) in [6, 6.07) is 0. The molecule has 2 N–H and O–H groups in total. The molecule has 6 heteroatoms. The molecule has 15 heavy (non-hydrogen) atoms. The molecule has 0 aromatic carbocycles. The van der Waals surface area contributed by atoms with Crippen LogP contribution in [0.1, 0.15) is 12.8 Å². The zero-order chi connectivity index (χ0) is 9.65. The highest BCUT2D eigenvalue weighted by Crippen LogP contribution is 2.41. The van der Waals surface area contributed by atoms with E-state index in [-0.39, 0.29) is 29.6 Å². The Hall–Kier alpha value is -0.520. The first-order chi connectivity index (χ1) is 6.77. The molecule has 3 heterocycles. The Morgan fingerprint density at radius 2 is 1.87 bits per heavy atom. The summed E-state index contributed by atoms with van der Waals surface area (Å²) in [6.45, 7) is 2.97. The average molecular weight is 235 g/mol. The molecule has 0 bridgehead atoms. The number of rotatable bonds is 0. The van der Waals surface area contributed by atoms with Crippen LogP contribution in [0.5, 0.6) is 0 Å². The van der Waals surface area contributed by atoms with Crippen LogP contribution in [0.4, 0.5) is 4.79 Å². The fraction of sp³-hybridized carbons (Fsp3) is 0.889. The summed E-state index contributed by atoms with van der Waals surface area (Å²) in [4.78, 5) is 11.3. The first kappa shape index (κ1) is 11.0. The van der Waals surface area contributed by atoms with E-state index in [0.29, 0.717) is 13.2 Å². The zero-order valence-electron chi connectivity index (χ0n) is 8.38. The van der Waals surface area contributed by atoms with Crippen molar-refractivity contribution < 1.29 is 14.3 Å². The summed E-state index contributed by atoms with van der Waals surface area (Å²) >= 11 is 0. The Morgan fingerprint density at radius 3 is 2.40 bits per heavy atom. The van der Waals surface area contributed by atoms with Gasteiger partial charge in [-0.05, 0) is 12.8 Å². The topological polar surface area (TPSA) is 59.6 Å². The number of nitrogens with one attached hydrogen (secondary N) is 2. The Bertz CT molecular complexity index is 275. The molecular weight excluding hydrogens is 220 g/mol. The highest BCUT2D eigenvalue weighted by molar-refractivity contribution is 5.85. The molecule has 0 unspecified atom stereocenters. The standard InChI is InChI=1S/C9H14N2O3.ClH/c12-7-11-8(1-3-13-4-2-8)9(14-7)5-10-6-9;/h10H,1-6H2,(H,11,12);1H. The number of fused-ring (bicyclic) bond motifs is 1. The predicted octanol–water partition coefficient (Wildman–Crippen LogP) is 0.0392. The molecule has 2 spiro atoms. The molecule has 0 aromatic heterocycles. The van der Waals surface area contributed by atoms with E-state index in [1.165, 1.54) is 0 Å². The number of hydrogen-bond donors (Lipinski definition) is 2. The van der Waals surface area contributed by atoms with E-state index in [9.17, 15) is 4.79 Å². The van der Waals surface area contributed by atoms with Crippen LogP contribution in [0.25, 0.3) is 0 Å². The van der Waals surface area contributed by atoms with Crippen LogP contribution in [-0.2, 0) is 9.47 Å². The van der Waals surface area contributed by atoms with Crippen molar-refractivity contribution in [2.75, 3.05) is 26.3 Å². The van der Waals surface area contributed by atoms with Gasteiger partial charge in [-0.15, -0.1) is 12.4 Å². The van der Waals surface area contributed by atoms with E-state index < -0.39 is 0 Å². The maximum atomic E-state index is 11.3. The van der Waals surface area contributed by atoms with Gasteiger partial charge in [-0.1, -0.05) is 0 Å². The third-order valence-corrected chi connectivity index (χ3v) is 3.67. The van der Waals surface area contributed by atoms with Gasteiger partial charge in [0.15, 0.2) is 5.60 Å². The van der Waals surface area contributed by atoms with Gasteiger partial charge in [0.05, 0.1) is 5.54 Å². The number of halogens is 1. The van der Waals surface area contributed by atoms with Crippen LogP contribution >= 0.6 is 12.4 Å². The summed E-state index contributed by atoms with van der Waals surface area (Å²) in [5.74, 6) is 0. The average Bonchev–Trinajstić information content (AvgIpc) is 2.39. The van der Waals surface area contributed by atoms with Crippen LogP contribution < -0.4 is 10.6 Å². The second kappa shape index (κ2) is 3.50. The highest BCUT2D eigenvalue weighted by atomic mass is 35.5. The van der Waals surface area contributed by atoms with Gasteiger partial charge in [-0.3, -0.25) is 0 Å². The summed E-state index contributed by atoms with van der Waals surface area (Å²) in [7, 11) is 0. The van der Waals surface area contributed by atoms with Crippen molar-refractivity contribution in [3.63, 3.8) is 0 Å². The molecule has 1 amide bonds. The lowest BCUT2D eigenvalue weighted by Crippen LogP contribution is -2.73. The second-order valence-electron chi connectivity index (χ2n) is 4.31. The van der Waals surface area contributed by atoms with Crippen molar-refractivity contribution >= 4 is 18.5 Å². The molecule has 5 nitrogen and oxygen atoms in total. The predicted molar refractivity (Wildman–Crippen MR) is 55.2 cm³/mol. The lowest BCUT2D eigenvalue weighted by Gasteiger charge is -2.50. The van der Waals surface area contributed by atoms with Gasteiger partial charge in [-0.25, -0.2) is 4.79 Å². The molecule has 0 aliphatic carbocycles. The fourth-order valence-corrected chi connectivity index (χ4v) is 2.67. The summed E-state index contributed by atoms with van der Waals surface area (Å²) in [5, 5.41) is 6.16. The van der Waals surface area contributed by atoms with Crippen molar-refractivity contribution in [3.05, 3.63) is 0 Å². The Morgan fingerprint density at radius 1 is 1.20 bits per heavy atom. The second-order valence-corrected chi connectivity index (χ2v) is 4.31.